The van der Waals surface area contributed by atoms with Gasteiger partial charge in [-0.15, -0.1) is 0 Å². The number of nitrogens with zero attached hydrogens (tertiary/aromatic N) is 2. The summed E-state index contributed by atoms with van der Waals surface area (Å²) in [6.07, 6.45) is 0.959. The summed E-state index contributed by atoms with van der Waals surface area (Å²) >= 11 is 1.30. The van der Waals surface area contributed by atoms with Crippen molar-refractivity contribution in [2.45, 2.75) is 13.3 Å². The zero-order valence-corrected chi connectivity index (χ0v) is 9.42. The maximum Gasteiger partial charge on any atom is 0.133 e. The predicted molar refractivity (Wildman–Crippen MR) is 62.1 cm³/mol. The molecule has 0 radical (unpaired) electrons. The number of hydrogen-bond acceptors (Lipinski definition) is 3. The van der Waals surface area contributed by atoms with Gasteiger partial charge >= 0.3 is 0 Å². The van der Waals surface area contributed by atoms with Crippen molar-refractivity contribution < 1.29 is 0 Å². The Balaban J connectivity index is 2.51. The smallest absolute Gasteiger partial charge is 0.133 e. The van der Waals surface area contributed by atoms with Crippen LogP contribution in [0.5, 0.6) is 0 Å². The van der Waals surface area contributed by atoms with Gasteiger partial charge in [0.25, 0.3) is 0 Å². The van der Waals surface area contributed by atoms with Gasteiger partial charge in [0.2, 0.25) is 0 Å². The average Bonchev–Trinajstić information content (AvgIpc) is 2.27. The minimum Gasteiger partial charge on any atom is -0.192 e. The maximum absolute atomic E-state index is 8.64. The molecule has 15 heavy (non-hydrogen) atoms. The number of nitriles is 2. The van der Waals surface area contributed by atoms with Crippen molar-refractivity contribution in [2.75, 3.05) is 5.75 Å². The van der Waals surface area contributed by atoms with Crippen molar-refractivity contribution in [1.82, 2.24) is 0 Å². The molecule has 0 saturated carbocycles. The average molecular weight is 216 g/mol. The number of thiocyanates is 1. The van der Waals surface area contributed by atoms with Gasteiger partial charge in [-0.25, -0.2) is 0 Å². The summed E-state index contributed by atoms with van der Waals surface area (Å²) in [5.41, 5.74) is 1.91. The number of benzene rings is 1. The number of rotatable bonds is 4. The highest BCUT2D eigenvalue weighted by Gasteiger charge is 2.03. The lowest BCUT2D eigenvalue weighted by Gasteiger charge is -2.08. The first-order valence-electron chi connectivity index (χ1n) is 4.76. The third kappa shape index (κ3) is 4.06. The molecular formula is C12H12N2S. The summed E-state index contributed by atoms with van der Waals surface area (Å²) in [5, 5.41) is 19.1. The third-order valence-corrected chi connectivity index (χ3v) is 2.96. The third-order valence-electron chi connectivity index (χ3n) is 2.10. The molecule has 0 spiro atoms. The maximum atomic E-state index is 8.64. The molecule has 0 aliphatic heterocycles. The van der Waals surface area contributed by atoms with E-state index in [1.54, 1.807) is 0 Å². The molecule has 76 valence electrons. The van der Waals surface area contributed by atoms with E-state index in [0.29, 0.717) is 11.5 Å². The first-order valence-corrected chi connectivity index (χ1v) is 5.74. The topological polar surface area (TPSA) is 47.6 Å². The van der Waals surface area contributed by atoms with Crippen molar-refractivity contribution in [3.63, 3.8) is 0 Å². The van der Waals surface area contributed by atoms with E-state index in [1.807, 2.05) is 24.3 Å². The van der Waals surface area contributed by atoms with Crippen LogP contribution in [0.3, 0.4) is 0 Å². The van der Waals surface area contributed by atoms with Crippen molar-refractivity contribution in [3.8, 4) is 11.5 Å². The Morgan fingerprint density at radius 1 is 1.27 bits per heavy atom. The second-order valence-corrected chi connectivity index (χ2v) is 4.32. The fraction of sp³-hybridized carbons (Fsp3) is 0.333. The molecule has 1 aromatic carbocycles. The Hall–Kier alpha value is -1.45. The van der Waals surface area contributed by atoms with Gasteiger partial charge in [-0.3, -0.25) is 0 Å². The zero-order valence-electron chi connectivity index (χ0n) is 8.60. The number of thioether (sulfide) groups is 1. The molecule has 1 rings (SSSR count). The van der Waals surface area contributed by atoms with Crippen LogP contribution in [0.1, 0.15) is 18.1 Å². The molecule has 0 saturated heterocycles. The van der Waals surface area contributed by atoms with E-state index in [9.17, 15) is 0 Å². The summed E-state index contributed by atoms with van der Waals surface area (Å²) in [5.74, 6) is 1.35. The van der Waals surface area contributed by atoms with Crippen molar-refractivity contribution in [2.24, 2.45) is 5.92 Å². The monoisotopic (exact) mass is 216 g/mol. The fourth-order valence-electron chi connectivity index (χ4n) is 1.36. The van der Waals surface area contributed by atoms with Gasteiger partial charge < -0.3 is 0 Å². The Labute approximate surface area is 94.5 Å². The molecule has 0 aromatic heterocycles. The molecule has 2 nitrogen and oxygen atoms in total. The van der Waals surface area contributed by atoms with E-state index in [4.69, 9.17) is 10.5 Å². The van der Waals surface area contributed by atoms with Crippen LogP contribution in [0.15, 0.2) is 24.3 Å². The minimum absolute atomic E-state index is 0.489. The molecule has 1 atom stereocenters. The van der Waals surface area contributed by atoms with Gasteiger partial charge in [-0.05, 0) is 41.8 Å². The molecule has 0 aliphatic rings. The van der Waals surface area contributed by atoms with Gasteiger partial charge in [-0.2, -0.15) is 10.5 Å². The lowest BCUT2D eigenvalue weighted by atomic mass is 10.0. The van der Waals surface area contributed by atoms with E-state index in [2.05, 4.69) is 18.4 Å². The van der Waals surface area contributed by atoms with Gasteiger partial charge in [0.15, 0.2) is 0 Å². The van der Waals surface area contributed by atoms with Crippen LogP contribution in [0.4, 0.5) is 0 Å². The highest BCUT2D eigenvalue weighted by Crippen LogP contribution is 2.13. The summed E-state index contributed by atoms with van der Waals surface area (Å²) in [6.45, 7) is 2.13. The lowest BCUT2D eigenvalue weighted by Crippen LogP contribution is -2.02. The van der Waals surface area contributed by atoms with E-state index in [0.717, 1.165) is 12.2 Å². The summed E-state index contributed by atoms with van der Waals surface area (Å²) < 4.78 is 0. The van der Waals surface area contributed by atoms with Gasteiger partial charge in [-0.1, -0.05) is 19.1 Å². The Kier molecular flexibility index (Phi) is 4.74. The first kappa shape index (κ1) is 11.6. The molecule has 0 fully saturated rings. The molecular weight excluding hydrogens is 204 g/mol. The zero-order chi connectivity index (χ0) is 11.1. The summed E-state index contributed by atoms with van der Waals surface area (Å²) in [7, 11) is 0. The standard InChI is InChI=1S/C12H12N2S/c1-10(8-15-9-14)6-11-2-4-12(7-13)5-3-11/h2-5,10H,6,8H2,1H3. The van der Waals surface area contributed by atoms with E-state index in [-0.39, 0.29) is 0 Å². The van der Waals surface area contributed by atoms with Crippen LogP contribution in [-0.4, -0.2) is 5.75 Å². The molecule has 0 amide bonds. The predicted octanol–water partition coefficient (Wildman–Crippen LogP) is 2.95. The van der Waals surface area contributed by atoms with Gasteiger partial charge in [0, 0.05) is 5.75 Å². The molecule has 1 aromatic rings. The quantitative estimate of drug-likeness (QED) is 0.727. The summed E-state index contributed by atoms with van der Waals surface area (Å²) in [4.78, 5) is 0. The SMILES string of the molecule is CC(CSC#N)Cc1ccc(C#N)cc1. The largest absolute Gasteiger partial charge is 0.192 e. The van der Waals surface area contributed by atoms with Crippen molar-refractivity contribution in [3.05, 3.63) is 35.4 Å². The van der Waals surface area contributed by atoms with Crippen LogP contribution in [-0.2, 0) is 6.42 Å². The van der Waals surface area contributed by atoms with Crippen molar-refractivity contribution in [1.29, 1.82) is 10.5 Å². The van der Waals surface area contributed by atoms with Crippen molar-refractivity contribution >= 4 is 11.8 Å². The van der Waals surface area contributed by atoms with Crippen LogP contribution < -0.4 is 0 Å². The van der Waals surface area contributed by atoms with Crippen LogP contribution in [0, 0.1) is 27.9 Å². The minimum atomic E-state index is 0.489. The second kappa shape index (κ2) is 6.11. The fourth-order valence-corrected chi connectivity index (χ4v) is 1.83. The van der Waals surface area contributed by atoms with E-state index >= 15 is 0 Å². The Bertz CT molecular complexity index is 384. The molecule has 3 heteroatoms. The van der Waals surface area contributed by atoms with Crippen LogP contribution in [0.2, 0.25) is 0 Å². The summed E-state index contributed by atoms with van der Waals surface area (Å²) in [6, 6.07) is 9.72. The molecule has 0 aliphatic carbocycles. The highest BCUT2D eigenvalue weighted by atomic mass is 32.2. The molecule has 0 N–H and O–H groups in total. The molecule has 1 unspecified atom stereocenters. The normalized spacial score (nSPS) is 11.4. The van der Waals surface area contributed by atoms with Crippen LogP contribution in [0.25, 0.3) is 0 Å². The van der Waals surface area contributed by atoms with Crippen LogP contribution >= 0.6 is 11.8 Å². The molecule has 0 heterocycles. The Morgan fingerprint density at radius 3 is 2.47 bits per heavy atom. The first-order chi connectivity index (χ1) is 7.26. The van der Waals surface area contributed by atoms with E-state index < -0.39 is 0 Å². The van der Waals surface area contributed by atoms with Gasteiger partial charge in [0.1, 0.15) is 5.40 Å². The van der Waals surface area contributed by atoms with Gasteiger partial charge in [0.05, 0.1) is 11.6 Å². The second-order valence-electron chi connectivity index (χ2n) is 3.52. The number of hydrogen-bond donors (Lipinski definition) is 0. The Morgan fingerprint density at radius 2 is 1.93 bits per heavy atom. The molecule has 0 bridgehead atoms. The van der Waals surface area contributed by atoms with E-state index in [1.165, 1.54) is 17.3 Å². The highest BCUT2D eigenvalue weighted by molar-refractivity contribution is 8.03. The lowest BCUT2D eigenvalue weighted by molar-refractivity contribution is 0.659.